The highest BCUT2D eigenvalue weighted by atomic mass is 19.2. The average molecular weight is 527 g/mol. The van der Waals surface area contributed by atoms with Gasteiger partial charge in [-0.05, 0) is 86.1 Å². The van der Waals surface area contributed by atoms with Gasteiger partial charge in [-0.25, -0.2) is 8.78 Å². The lowest BCUT2D eigenvalue weighted by Crippen LogP contribution is -2.54. The molecule has 38 heavy (non-hydrogen) atoms. The Hall–Kier alpha value is -2.87. The van der Waals surface area contributed by atoms with Gasteiger partial charge in [-0.3, -0.25) is 14.6 Å². The molecule has 2 amide bonds. The second-order valence-corrected chi connectivity index (χ2v) is 12.2. The number of nitrogens with two attached hydrogens (primary N) is 1. The fourth-order valence-electron chi connectivity index (χ4n) is 6.50. The van der Waals surface area contributed by atoms with Crippen molar-refractivity contribution < 1.29 is 18.4 Å². The summed E-state index contributed by atoms with van der Waals surface area (Å²) in [6.45, 7) is 6.63. The van der Waals surface area contributed by atoms with Crippen molar-refractivity contribution in [2.45, 2.75) is 77.2 Å². The van der Waals surface area contributed by atoms with Gasteiger partial charge in [0.2, 0.25) is 11.8 Å². The number of nitrogens with one attached hydrogen (secondary N) is 2. The van der Waals surface area contributed by atoms with Crippen molar-refractivity contribution in [3.05, 3.63) is 59.9 Å². The minimum absolute atomic E-state index is 0.0680. The zero-order chi connectivity index (χ0) is 27.5. The standard InChI is InChI=1S/C30H40F2N4O2/c1-19(2)13-20-14-21(17-29(3,16-20)28(38)36-23-7-11-34-12-8-23)26(33)27(37)35-18-30(9-4-10-30)22-5-6-24(31)25(32)15-22/h5-8,11-12,15,19-21,26H,4,9-10,13-14,16-18,33H2,1-3H3,(H,35,37)(H,34,36,38). The number of rotatable bonds is 9. The zero-order valence-electron chi connectivity index (χ0n) is 22.6. The fraction of sp³-hybridized carbons (Fsp3) is 0.567. The Kier molecular flexibility index (Phi) is 8.50. The second kappa shape index (κ2) is 11.5. The van der Waals surface area contributed by atoms with Gasteiger partial charge in [-0.2, -0.15) is 0 Å². The smallest absolute Gasteiger partial charge is 0.237 e. The first-order chi connectivity index (χ1) is 18.0. The molecule has 2 aromatic rings. The first-order valence-corrected chi connectivity index (χ1v) is 13.7. The van der Waals surface area contributed by atoms with E-state index in [9.17, 15) is 18.4 Å². The Labute approximate surface area is 224 Å². The van der Waals surface area contributed by atoms with Crippen LogP contribution in [0.2, 0.25) is 0 Å². The maximum absolute atomic E-state index is 13.9. The maximum Gasteiger partial charge on any atom is 0.237 e. The number of carbonyl (C=O) groups excluding carboxylic acids is 2. The summed E-state index contributed by atoms with van der Waals surface area (Å²) in [6, 6.07) is 6.75. The Morgan fingerprint density at radius 3 is 2.42 bits per heavy atom. The minimum Gasteiger partial charge on any atom is -0.354 e. The van der Waals surface area contributed by atoms with E-state index in [1.807, 2.05) is 6.92 Å². The van der Waals surface area contributed by atoms with Gasteiger partial charge in [0.25, 0.3) is 0 Å². The van der Waals surface area contributed by atoms with Crippen LogP contribution >= 0.6 is 0 Å². The molecule has 8 heteroatoms. The summed E-state index contributed by atoms with van der Waals surface area (Å²) < 4.78 is 27.4. The van der Waals surface area contributed by atoms with Crippen molar-refractivity contribution in [1.29, 1.82) is 0 Å². The Bertz CT molecular complexity index is 1140. The third-order valence-electron chi connectivity index (χ3n) is 8.63. The van der Waals surface area contributed by atoms with Crippen molar-refractivity contribution in [3.63, 3.8) is 0 Å². The first kappa shape index (κ1) is 28.1. The van der Waals surface area contributed by atoms with Crippen LogP contribution in [0, 0.1) is 34.8 Å². The molecule has 2 saturated carbocycles. The molecular weight excluding hydrogens is 486 g/mol. The number of hydrogen-bond acceptors (Lipinski definition) is 4. The van der Waals surface area contributed by atoms with Crippen molar-refractivity contribution in [2.24, 2.45) is 28.9 Å². The summed E-state index contributed by atoms with van der Waals surface area (Å²) in [6.07, 6.45) is 8.83. The molecule has 0 radical (unpaired) electrons. The van der Waals surface area contributed by atoms with Crippen molar-refractivity contribution in [3.8, 4) is 0 Å². The van der Waals surface area contributed by atoms with Gasteiger partial charge in [-0.15, -0.1) is 0 Å². The van der Waals surface area contributed by atoms with E-state index < -0.39 is 28.5 Å². The number of nitrogens with zero attached hydrogens (tertiary/aromatic N) is 1. The van der Waals surface area contributed by atoms with Crippen LogP contribution in [0.15, 0.2) is 42.7 Å². The van der Waals surface area contributed by atoms with Gasteiger partial charge < -0.3 is 16.4 Å². The molecule has 2 fully saturated rings. The van der Waals surface area contributed by atoms with Crippen molar-refractivity contribution in [2.75, 3.05) is 11.9 Å². The predicted molar refractivity (Wildman–Crippen MR) is 144 cm³/mol. The lowest BCUT2D eigenvalue weighted by atomic mass is 9.62. The number of halogens is 2. The van der Waals surface area contributed by atoms with Crippen LogP contribution in [0.1, 0.15) is 71.3 Å². The van der Waals surface area contributed by atoms with E-state index >= 15 is 0 Å². The molecule has 0 aliphatic heterocycles. The number of carbonyl (C=O) groups is 2. The number of aromatic nitrogens is 1. The Morgan fingerprint density at radius 1 is 1.11 bits per heavy atom. The van der Waals surface area contributed by atoms with Crippen LogP contribution in [0.3, 0.4) is 0 Å². The summed E-state index contributed by atoms with van der Waals surface area (Å²) in [4.78, 5) is 30.8. The SMILES string of the molecule is CC(C)CC1CC(C(N)C(=O)NCC2(c3ccc(F)c(F)c3)CCC2)CC(C)(C(=O)Nc2ccncc2)C1. The van der Waals surface area contributed by atoms with Gasteiger partial charge in [0.1, 0.15) is 0 Å². The van der Waals surface area contributed by atoms with E-state index in [4.69, 9.17) is 5.73 Å². The van der Waals surface area contributed by atoms with Crippen LogP contribution in [0.4, 0.5) is 14.5 Å². The van der Waals surface area contributed by atoms with Gasteiger partial charge in [0.15, 0.2) is 11.6 Å². The highest BCUT2D eigenvalue weighted by Gasteiger charge is 2.46. The van der Waals surface area contributed by atoms with Crippen LogP contribution in [-0.4, -0.2) is 29.4 Å². The summed E-state index contributed by atoms with van der Waals surface area (Å²) >= 11 is 0. The van der Waals surface area contributed by atoms with Crippen molar-refractivity contribution in [1.82, 2.24) is 10.3 Å². The molecule has 1 aromatic heterocycles. The third-order valence-corrected chi connectivity index (χ3v) is 8.63. The molecule has 1 heterocycles. The summed E-state index contributed by atoms with van der Waals surface area (Å²) in [5.41, 5.74) is 6.89. The summed E-state index contributed by atoms with van der Waals surface area (Å²) in [5, 5.41) is 6.04. The molecule has 0 saturated heterocycles. The monoisotopic (exact) mass is 526 g/mol. The van der Waals surface area contributed by atoms with E-state index in [2.05, 4.69) is 29.5 Å². The quantitative estimate of drug-likeness (QED) is 0.411. The van der Waals surface area contributed by atoms with Crippen LogP contribution in [0.5, 0.6) is 0 Å². The molecular formula is C30H40F2N4O2. The van der Waals surface area contributed by atoms with Crippen LogP contribution in [-0.2, 0) is 15.0 Å². The summed E-state index contributed by atoms with van der Waals surface area (Å²) in [5.74, 6) is -1.49. The molecule has 6 nitrogen and oxygen atoms in total. The van der Waals surface area contributed by atoms with Gasteiger partial charge in [0, 0.05) is 35.5 Å². The van der Waals surface area contributed by atoms with Gasteiger partial charge >= 0.3 is 0 Å². The van der Waals surface area contributed by atoms with Gasteiger partial charge in [0.05, 0.1) is 6.04 Å². The Balaban J connectivity index is 1.45. The average Bonchev–Trinajstić information content (AvgIpc) is 2.84. The van der Waals surface area contributed by atoms with Crippen molar-refractivity contribution >= 4 is 17.5 Å². The van der Waals surface area contributed by atoms with Crippen LogP contribution in [0.25, 0.3) is 0 Å². The van der Waals surface area contributed by atoms with Crippen LogP contribution < -0.4 is 16.4 Å². The number of pyridine rings is 1. The van der Waals surface area contributed by atoms with E-state index in [-0.39, 0.29) is 23.7 Å². The zero-order valence-corrected chi connectivity index (χ0v) is 22.6. The molecule has 2 aliphatic carbocycles. The largest absolute Gasteiger partial charge is 0.354 e. The highest BCUT2D eigenvalue weighted by Crippen LogP contribution is 2.46. The maximum atomic E-state index is 13.9. The lowest BCUT2D eigenvalue weighted by molar-refractivity contribution is -0.131. The number of hydrogen-bond donors (Lipinski definition) is 3. The number of amides is 2. The summed E-state index contributed by atoms with van der Waals surface area (Å²) in [7, 11) is 0. The normalized spacial score (nSPS) is 25.3. The molecule has 0 spiro atoms. The molecule has 4 N–H and O–H groups in total. The lowest BCUT2D eigenvalue weighted by Gasteiger charge is -2.44. The first-order valence-electron chi connectivity index (χ1n) is 13.7. The number of benzene rings is 1. The molecule has 2 aliphatic rings. The molecule has 206 valence electrons. The third kappa shape index (κ3) is 6.22. The minimum atomic E-state index is -0.876. The predicted octanol–water partition coefficient (Wildman–Crippen LogP) is 5.33. The molecule has 4 atom stereocenters. The highest BCUT2D eigenvalue weighted by molar-refractivity contribution is 5.95. The van der Waals surface area contributed by atoms with E-state index in [1.165, 1.54) is 6.07 Å². The molecule has 4 unspecified atom stereocenters. The van der Waals surface area contributed by atoms with Gasteiger partial charge in [-0.1, -0.05) is 33.3 Å². The Morgan fingerprint density at radius 2 is 1.82 bits per heavy atom. The molecule has 4 rings (SSSR count). The molecule has 0 bridgehead atoms. The second-order valence-electron chi connectivity index (χ2n) is 12.2. The number of anilines is 1. The molecule has 1 aromatic carbocycles. The van der Waals surface area contributed by atoms with E-state index in [0.29, 0.717) is 30.1 Å². The van der Waals surface area contributed by atoms with E-state index in [0.717, 1.165) is 44.6 Å². The fourth-order valence-corrected chi connectivity index (χ4v) is 6.50. The topological polar surface area (TPSA) is 97.1 Å². The van der Waals surface area contributed by atoms with E-state index in [1.54, 1.807) is 30.6 Å².